The van der Waals surface area contributed by atoms with Crippen LogP contribution in [0.5, 0.6) is 0 Å². The van der Waals surface area contributed by atoms with Gasteiger partial charge in [-0.3, -0.25) is 0 Å². The van der Waals surface area contributed by atoms with E-state index in [-0.39, 0.29) is 10.5 Å². The van der Waals surface area contributed by atoms with Crippen molar-refractivity contribution in [3.8, 4) is 0 Å². The second-order valence-electron chi connectivity index (χ2n) is 8.20. The minimum absolute atomic E-state index is 0.230. The van der Waals surface area contributed by atoms with Gasteiger partial charge >= 0.3 is 0 Å². The van der Waals surface area contributed by atoms with Crippen molar-refractivity contribution in [2.75, 3.05) is 0 Å². The van der Waals surface area contributed by atoms with E-state index in [0.717, 1.165) is 6.42 Å². The maximum absolute atomic E-state index is 6.78. The molecule has 2 rings (SSSR count). The number of fused-ring (bicyclic) bond motifs is 1. The number of rotatable bonds is 2. The fourth-order valence-electron chi connectivity index (χ4n) is 3.26. The van der Waals surface area contributed by atoms with Gasteiger partial charge in [-0.1, -0.05) is 49.2 Å². The van der Waals surface area contributed by atoms with Crippen molar-refractivity contribution in [3.05, 3.63) is 10.1 Å². The van der Waals surface area contributed by atoms with E-state index >= 15 is 0 Å². The van der Waals surface area contributed by atoms with Gasteiger partial charge in [-0.15, -0.1) is 0 Å². The lowest BCUT2D eigenvalue weighted by Gasteiger charge is -2.45. The third-order valence-corrected chi connectivity index (χ3v) is 12.2. The summed E-state index contributed by atoms with van der Waals surface area (Å²) >= 11 is 8.50. The smallest absolute Gasteiger partial charge is 0.192 e. The van der Waals surface area contributed by atoms with Crippen molar-refractivity contribution in [1.82, 2.24) is 0 Å². The summed E-state index contributed by atoms with van der Waals surface area (Å²) in [5.41, 5.74) is 1.81. The van der Waals surface area contributed by atoms with E-state index in [1.807, 2.05) is 0 Å². The van der Waals surface area contributed by atoms with Gasteiger partial charge in [0.15, 0.2) is 8.32 Å². The fourth-order valence-corrected chi connectivity index (χ4v) is 5.87. The normalized spacial score (nSPS) is 35.4. The highest BCUT2D eigenvalue weighted by atomic mass is 79.9. The Balaban J connectivity index is 2.25. The predicted octanol–water partition coefficient (Wildman–Crippen LogP) is 5.92. The summed E-state index contributed by atoms with van der Waals surface area (Å²) in [4.78, 5) is 0. The molecule has 1 nitrogen and oxygen atoms in total. The van der Waals surface area contributed by atoms with Crippen LogP contribution in [0.15, 0.2) is 10.1 Å². The molecular weight excluding hydrogens is 348 g/mol. The standard InChI is InChI=1S/C16H29BrOSSi/c1-15(2,3)20(5,6)18-13-8-7-11-14(17)12(19)9-10-16(11,13)4/h12-13,19H,7-10H2,1-6H3/t12-,13+,16+/m1/s1. The Morgan fingerprint density at radius 1 is 1.30 bits per heavy atom. The van der Waals surface area contributed by atoms with E-state index in [9.17, 15) is 0 Å². The van der Waals surface area contributed by atoms with Gasteiger partial charge in [0.1, 0.15) is 0 Å². The van der Waals surface area contributed by atoms with Crippen LogP contribution >= 0.6 is 28.6 Å². The summed E-state index contributed by atoms with van der Waals surface area (Å²) in [6, 6.07) is 0. The molecule has 20 heavy (non-hydrogen) atoms. The SMILES string of the molecule is CC(C)(C)[Si](C)(C)O[C@H]1CCC2=C(Br)[C@H](S)CC[C@@]21C. The highest BCUT2D eigenvalue weighted by Crippen LogP contribution is 2.56. The van der Waals surface area contributed by atoms with Gasteiger partial charge in [0, 0.05) is 15.1 Å². The molecule has 116 valence electrons. The van der Waals surface area contributed by atoms with Gasteiger partial charge in [0.05, 0.1) is 6.10 Å². The first-order valence-electron chi connectivity index (χ1n) is 7.74. The largest absolute Gasteiger partial charge is 0.413 e. The summed E-state index contributed by atoms with van der Waals surface area (Å²) in [6.07, 6.45) is 5.11. The van der Waals surface area contributed by atoms with Crippen molar-refractivity contribution < 1.29 is 4.43 Å². The number of hydrogen-bond acceptors (Lipinski definition) is 2. The summed E-state index contributed by atoms with van der Waals surface area (Å²) in [6.45, 7) is 14.1. The van der Waals surface area contributed by atoms with Crippen LogP contribution in [0.3, 0.4) is 0 Å². The zero-order chi connectivity index (χ0) is 15.3. The fraction of sp³-hybridized carbons (Fsp3) is 0.875. The molecule has 4 heteroatoms. The highest BCUT2D eigenvalue weighted by molar-refractivity contribution is 9.11. The summed E-state index contributed by atoms with van der Waals surface area (Å²) in [7, 11) is -1.69. The van der Waals surface area contributed by atoms with Gasteiger partial charge in [-0.25, -0.2) is 0 Å². The van der Waals surface area contributed by atoms with Gasteiger partial charge < -0.3 is 4.43 Å². The van der Waals surface area contributed by atoms with Crippen molar-refractivity contribution in [3.63, 3.8) is 0 Å². The van der Waals surface area contributed by atoms with E-state index in [1.165, 1.54) is 23.7 Å². The van der Waals surface area contributed by atoms with E-state index in [1.54, 1.807) is 5.57 Å². The molecule has 0 amide bonds. The lowest BCUT2D eigenvalue weighted by atomic mass is 9.74. The van der Waals surface area contributed by atoms with Crippen LogP contribution in [-0.4, -0.2) is 19.7 Å². The van der Waals surface area contributed by atoms with Gasteiger partial charge in [0.2, 0.25) is 0 Å². The minimum Gasteiger partial charge on any atom is -0.413 e. The Hall–Kier alpha value is 0.747. The molecule has 0 unspecified atom stereocenters. The molecule has 0 radical (unpaired) electrons. The molecule has 0 heterocycles. The first-order chi connectivity index (χ1) is 8.99. The lowest BCUT2D eigenvalue weighted by Crippen LogP contribution is -2.47. The van der Waals surface area contributed by atoms with Crippen LogP contribution in [0.2, 0.25) is 18.1 Å². The Kier molecular flexibility index (Phi) is 4.65. The van der Waals surface area contributed by atoms with Crippen molar-refractivity contribution in [1.29, 1.82) is 0 Å². The van der Waals surface area contributed by atoms with E-state index in [2.05, 4.69) is 56.7 Å². The molecule has 0 aromatic heterocycles. The van der Waals surface area contributed by atoms with Crippen LogP contribution in [0.25, 0.3) is 0 Å². The lowest BCUT2D eigenvalue weighted by molar-refractivity contribution is 0.0833. The molecule has 3 atom stereocenters. The number of hydrogen-bond donors (Lipinski definition) is 1. The maximum atomic E-state index is 6.78. The molecule has 1 fully saturated rings. The first-order valence-corrected chi connectivity index (χ1v) is 12.0. The van der Waals surface area contributed by atoms with Crippen molar-refractivity contribution in [2.24, 2.45) is 5.41 Å². The molecule has 1 saturated carbocycles. The zero-order valence-electron chi connectivity index (χ0n) is 13.7. The molecule has 0 aromatic rings. The molecule has 2 aliphatic carbocycles. The summed E-state index contributed by atoms with van der Waals surface area (Å²) in [5, 5.41) is 0.679. The van der Waals surface area contributed by atoms with Crippen molar-refractivity contribution in [2.45, 2.75) is 82.9 Å². The topological polar surface area (TPSA) is 9.23 Å². The quantitative estimate of drug-likeness (QED) is 0.464. The van der Waals surface area contributed by atoms with Gasteiger partial charge in [-0.05, 0) is 43.8 Å². The van der Waals surface area contributed by atoms with Crippen LogP contribution in [0.1, 0.15) is 53.4 Å². The predicted molar refractivity (Wildman–Crippen MR) is 97.4 cm³/mol. The Bertz CT molecular complexity index is 427. The average molecular weight is 377 g/mol. The zero-order valence-corrected chi connectivity index (χ0v) is 17.2. The molecule has 0 N–H and O–H groups in total. The third-order valence-electron chi connectivity index (χ3n) is 5.82. The molecule has 0 aliphatic heterocycles. The third kappa shape index (κ3) is 2.82. The van der Waals surface area contributed by atoms with Crippen LogP contribution in [-0.2, 0) is 4.43 Å². The van der Waals surface area contributed by atoms with Gasteiger partial charge in [-0.2, -0.15) is 12.6 Å². The molecular formula is C16H29BrOSSi. The Morgan fingerprint density at radius 3 is 2.45 bits per heavy atom. The van der Waals surface area contributed by atoms with Crippen LogP contribution in [0, 0.1) is 5.41 Å². The maximum Gasteiger partial charge on any atom is 0.192 e. The number of thiol groups is 1. The van der Waals surface area contributed by atoms with E-state index < -0.39 is 8.32 Å². The molecule has 2 aliphatic rings. The average Bonchev–Trinajstić information content (AvgIpc) is 2.61. The summed E-state index contributed by atoms with van der Waals surface area (Å²) in [5.74, 6) is 0. The summed E-state index contributed by atoms with van der Waals surface area (Å²) < 4.78 is 8.12. The second-order valence-corrected chi connectivity index (χ2v) is 14.4. The molecule has 0 bridgehead atoms. The molecule has 0 spiro atoms. The van der Waals surface area contributed by atoms with Crippen LogP contribution < -0.4 is 0 Å². The Morgan fingerprint density at radius 2 is 1.90 bits per heavy atom. The van der Waals surface area contributed by atoms with E-state index in [4.69, 9.17) is 17.1 Å². The Labute approximate surface area is 139 Å². The van der Waals surface area contributed by atoms with Gasteiger partial charge in [0.25, 0.3) is 0 Å². The molecule has 0 aromatic carbocycles. The monoisotopic (exact) mass is 376 g/mol. The number of halogens is 1. The minimum atomic E-state index is -1.69. The van der Waals surface area contributed by atoms with E-state index in [0.29, 0.717) is 11.4 Å². The highest BCUT2D eigenvalue weighted by Gasteiger charge is 2.50. The second kappa shape index (κ2) is 5.43. The first kappa shape index (κ1) is 17.1. The van der Waals surface area contributed by atoms with Crippen LogP contribution in [0.4, 0.5) is 0 Å². The molecule has 0 saturated heterocycles. The van der Waals surface area contributed by atoms with Crippen molar-refractivity contribution >= 4 is 36.9 Å².